The molecular weight excluding hydrogens is 332 g/mol. The Morgan fingerprint density at radius 2 is 2.19 bits per heavy atom. The van der Waals surface area contributed by atoms with Crippen LogP contribution in [-0.4, -0.2) is 59.3 Å². The van der Waals surface area contributed by atoms with Gasteiger partial charge in [0.25, 0.3) is 5.91 Å². The van der Waals surface area contributed by atoms with Crippen LogP contribution in [0.4, 0.5) is 0 Å². The molecule has 8 nitrogen and oxygen atoms in total. The van der Waals surface area contributed by atoms with E-state index in [1.54, 1.807) is 22.0 Å². The molecule has 0 aliphatic carbocycles. The maximum Gasteiger partial charge on any atom is 0.257 e. The number of hydrogen-bond donors (Lipinski definition) is 1. The molecule has 1 aliphatic heterocycles. The Kier molecular flexibility index (Phi) is 5.04. The largest absolute Gasteiger partial charge is 0.388 e. The zero-order valence-electron chi connectivity index (χ0n) is 15.8. The fraction of sp³-hybridized carbons (Fsp3) is 0.611. The molecule has 140 valence electrons. The third kappa shape index (κ3) is 3.75. The van der Waals surface area contributed by atoms with Crippen molar-refractivity contribution in [3.05, 3.63) is 35.4 Å². The lowest BCUT2D eigenvalue weighted by atomic mass is 9.88. The fourth-order valence-corrected chi connectivity index (χ4v) is 3.45. The fourth-order valence-electron chi connectivity index (χ4n) is 3.45. The van der Waals surface area contributed by atoms with E-state index in [0.29, 0.717) is 36.6 Å². The summed E-state index contributed by atoms with van der Waals surface area (Å²) >= 11 is 0. The first-order chi connectivity index (χ1) is 12.3. The molecule has 0 radical (unpaired) electrons. The molecule has 0 spiro atoms. The molecule has 3 rings (SSSR count). The van der Waals surface area contributed by atoms with E-state index >= 15 is 0 Å². The minimum absolute atomic E-state index is 0.121. The average Bonchev–Trinajstić information content (AvgIpc) is 2.98. The summed E-state index contributed by atoms with van der Waals surface area (Å²) in [5.74, 6) is 1.37. The third-order valence-electron chi connectivity index (χ3n) is 4.85. The molecule has 3 heterocycles. The second-order valence-electron chi connectivity index (χ2n) is 7.46. The van der Waals surface area contributed by atoms with Crippen molar-refractivity contribution in [2.45, 2.75) is 51.6 Å². The number of aromatic nitrogens is 5. The average molecular weight is 358 g/mol. The van der Waals surface area contributed by atoms with Gasteiger partial charge in [0.05, 0.1) is 23.4 Å². The summed E-state index contributed by atoms with van der Waals surface area (Å²) in [5.41, 5.74) is 0.275. The second kappa shape index (κ2) is 7.11. The molecule has 2 aromatic rings. The number of carbonyl (C=O) groups excluding carboxylic acids is 1. The highest BCUT2D eigenvalue weighted by atomic mass is 16.3. The van der Waals surface area contributed by atoms with Crippen LogP contribution in [0.15, 0.2) is 12.5 Å². The van der Waals surface area contributed by atoms with Crippen molar-refractivity contribution in [1.29, 1.82) is 0 Å². The summed E-state index contributed by atoms with van der Waals surface area (Å²) in [7, 11) is 1.85. The van der Waals surface area contributed by atoms with Crippen molar-refractivity contribution in [2.24, 2.45) is 7.05 Å². The Morgan fingerprint density at radius 3 is 2.85 bits per heavy atom. The smallest absolute Gasteiger partial charge is 0.257 e. The number of amides is 1. The van der Waals surface area contributed by atoms with Gasteiger partial charge in [-0.25, -0.2) is 9.97 Å². The monoisotopic (exact) mass is 358 g/mol. The van der Waals surface area contributed by atoms with E-state index in [4.69, 9.17) is 0 Å². The van der Waals surface area contributed by atoms with Gasteiger partial charge in [0.1, 0.15) is 18.0 Å². The van der Waals surface area contributed by atoms with Crippen LogP contribution in [0.25, 0.3) is 0 Å². The van der Waals surface area contributed by atoms with Crippen molar-refractivity contribution in [1.82, 2.24) is 29.6 Å². The van der Waals surface area contributed by atoms with Crippen molar-refractivity contribution in [3.63, 3.8) is 0 Å². The predicted molar refractivity (Wildman–Crippen MR) is 95.7 cm³/mol. The first-order valence-electron chi connectivity index (χ1n) is 8.97. The number of piperidine rings is 1. The highest BCUT2D eigenvalue weighted by molar-refractivity contribution is 5.95. The summed E-state index contributed by atoms with van der Waals surface area (Å²) in [6, 6.07) is 0. The number of β-amino-alcohol motifs (C(OH)–C–C–N with tert-alkyl or cyclic N) is 1. The molecule has 0 aromatic carbocycles. The topological polar surface area (TPSA) is 97.0 Å². The quantitative estimate of drug-likeness (QED) is 0.883. The van der Waals surface area contributed by atoms with Gasteiger partial charge in [-0.3, -0.25) is 4.79 Å². The number of aryl methyl sites for hydroxylation is 2. The zero-order valence-corrected chi connectivity index (χ0v) is 15.8. The summed E-state index contributed by atoms with van der Waals surface area (Å²) in [6.07, 6.45) is 4.96. The van der Waals surface area contributed by atoms with E-state index in [2.05, 4.69) is 20.2 Å². The molecule has 1 N–H and O–H groups in total. The third-order valence-corrected chi connectivity index (χ3v) is 4.85. The Balaban J connectivity index is 1.81. The highest BCUT2D eigenvalue weighted by Gasteiger charge is 2.37. The normalized spacial score (nSPS) is 20.6. The Bertz CT molecular complexity index is 803. The molecule has 1 unspecified atom stereocenters. The summed E-state index contributed by atoms with van der Waals surface area (Å²) in [5, 5.41) is 19.0. The summed E-state index contributed by atoms with van der Waals surface area (Å²) in [6.45, 7) is 6.73. The molecule has 1 atom stereocenters. The maximum absolute atomic E-state index is 13.1. The van der Waals surface area contributed by atoms with E-state index in [1.165, 1.54) is 0 Å². The van der Waals surface area contributed by atoms with Crippen LogP contribution in [0.1, 0.15) is 60.3 Å². The molecule has 1 amide bonds. The number of aliphatic hydroxyl groups is 1. The first-order valence-corrected chi connectivity index (χ1v) is 8.97. The van der Waals surface area contributed by atoms with Crippen LogP contribution >= 0.6 is 0 Å². The number of likely N-dealkylation sites (tertiary alicyclic amines) is 1. The van der Waals surface area contributed by atoms with E-state index in [-0.39, 0.29) is 18.4 Å². The second-order valence-corrected chi connectivity index (χ2v) is 7.46. The minimum atomic E-state index is -1.00. The number of hydrogen-bond acceptors (Lipinski definition) is 6. The van der Waals surface area contributed by atoms with Gasteiger partial charge in [-0.15, -0.1) is 10.2 Å². The van der Waals surface area contributed by atoms with E-state index < -0.39 is 5.60 Å². The molecular formula is C18H26N6O2. The lowest BCUT2D eigenvalue weighted by Gasteiger charge is -2.39. The zero-order chi connectivity index (χ0) is 18.9. The lowest BCUT2D eigenvalue weighted by molar-refractivity contribution is -0.0259. The van der Waals surface area contributed by atoms with Crippen molar-refractivity contribution in [3.8, 4) is 0 Å². The SMILES string of the molecule is Cc1ncc(C(=O)N2CCCC(O)(Cc3nncn3C)C2)c(C(C)C)n1. The highest BCUT2D eigenvalue weighted by Crippen LogP contribution is 2.27. The number of nitrogens with zero attached hydrogens (tertiary/aromatic N) is 6. The Labute approximate surface area is 153 Å². The molecule has 26 heavy (non-hydrogen) atoms. The van der Waals surface area contributed by atoms with Gasteiger partial charge in [-0.1, -0.05) is 13.8 Å². The predicted octanol–water partition coefficient (Wildman–Crippen LogP) is 1.25. The van der Waals surface area contributed by atoms with Crippen molar-refractivity contribution in [2.75, 3.05) is 13.1 Å². The number of rotatable bonds is 4. The minimum Gasteiger partial charge on any atom is -0.388 e. The van der Waals surface area contributed by atoms with Gasteiger partial charge in [-0.2, -0.15) is 0 Å². The Morgan fingerprint density at radius 1 is 1.42 bits per heavy atom. The molecule has 2 aromatic heterocycles. The van der Waals surface area contributed by atoms with Gasteiger partial charge in [0.15, 0.2) is 0 Å². The molecule has 1 saturated heterocycles. The van der Waals surface area contributed by atoms with Crippen LogP contribution in [0.3, 0.4) is 0 Å². The summed E-state index contributed by atoms with van der Waals surface area (Å²) in [4.78, 5) is 23.5. The van der Waals surface area contributed by atoms with Crippen molar-refractivity contribution < 1.29 is 9.90 Å². The molecule has 1 aliphatic rings. The standard InChI is InChI=1S/C18H26N6O2/c1-12(2)16-14(9-19-13(3)21-16)17(25)24-7-5-6-18(26,10-24)8-15-22-20-11-23(15)4/h9,11-12,26H,5-8,10H2,1-4H3. The maximum atomic E-state index is 13.1. The van der Waals surface area contributed by atoms with E-state index in [1.807, 2.05) is 27.8 Å². The van der Waals surface area contributed by atoms with E-state index in [0.717, 1.165) is 12.1 Å². The summed E-state index contributed by atoms with van der Waals surface area (Å²) < 4.78 is 1.80. The molecule has 0 bridgehead atoms. The van der Waals surface area contributed by atoms with Crippen LogP contribution in [0, 0.1) is 6.92 Å². The lowest BCUT2D eigenvalue weighted by Crippen LogP contribution is -2.52. The van der Waals surface area contributed by atoms with Gasteiger partial charge in [0.2, 0.25) is 0 Å². The number of carbonyl (C=O) groups is 1. The van der Waals surface area contributed by atoms with Crippen molar-refractivity contribution >= 4 is 5.91 Å². The molecule has 0 saturated carbocycles. The van der Waals surface area contributed by atoms with Crippen LogP contribution in [-0.2, 0) is 13.5 Å². The van der Waals surface area contributed by atoms with Gasteiger partial charge in [0, 0.05) is 26.2 Å². The van der Waals surface area contributed by atoms with Gasteiger partial charge in [-0.05, 0) is 25.7 Å². The van der Waals surface area contributed by atoms with Crippen LogP contribution in [0.5, 0.6) is 0 Å². The van der Waals surface area contributed by atoms with Gasteiger partial charge < -0.3 is 14.6 Å². The molecule has 1 fully saturated rings. The first kappa shape index (κ1) is 18.4. The van der Waals surface area contributed by atoms with Crippen LogP contribution < -0.4 is 0 Å². The van der Waals surface area contributed by atoms with E-state index in [9.17, 15) is 9.90 Å². The van der Waals surface area contributed by atoms with Crippen LogP contribution in [0.2, 0.25) is 0 Å². The Hall–Kier alpha value is -2.35. The van der Waals surface area contributed by atoms with Gasteiger partial charge >= 0.3 is 0 Å². The molecule has 8 heteroatoms.